The molecule has 1 fully saturated rings. The van der Waals surface area contributed by atoms with E-state index in [2.05, 4.69) is 0 Å². The number of aliphatic hydroxyl groups excluding tert-OH is 1. The number of benzene rings is 2. The van der Waals surface area contributed by atoms with E-state index in [4.69, 9.17) is 5.73 Å². The fourth-order valence-electron chi connectivity index (χ4n) is 4.06. The highest BCUT2D eigenvalue weighted by Crippen LogP contribution is 2.61. The summed E-state index contributed by atoms with van der Waals surface area (Å²) in [6, 6.07) is 6.94. The van der Waals surface area contributed by atoms with Crippen molar-refractivity contribution < 1.29 is 23.1 Å². The SMILES string of the molecule is CCN(C(=O)C1(CO)CC1c1ccc(F)cc1-c1c(F)cccc1F)[C@@H](C)CN. The Morgan fingerprint density at radius 2 is 1.93 bits per heavy atom. The van der Waals surface area contributed by atoms with Crippen molar-refractivity contribution >= 4 is 5.91 Å². The minimum atomic E-state index is -1.10. The average Bonchev–Trinajstić information content (AvgIpc) is 3.44. The second-order valence-corrected chi connectivity index (χ2v) is 7.58. The zero-order valence-corrected chi connectivity index (χ0v) is 16.5. The summed E-state index contributed by atoms with van der Waals surface area (Å²) < 4.78 is 42.8. The van der Waals surface area contributed by atoms with Gasteiger partial charge in [0.1, 0.15) is 17.5 Å². The van der Waals surface area contributed by atoms with Crippen LogP contribution >= 0.6 is 0 Å². The van der Waals surface area contributed by atoms with Crippen LogP contribution in [0.25, 0.3) is 11.1 Å². The van der Waals surface area contributed by atoms with E-state index >= 15 is 0 Å². The number of nitrogens with zero attached hydrogens (tertiary/aromatic N) is 1. The van der Waals surface area contributed by atoms with Crippen molar-refractivity contribution in [2.45, 2.75) is 32.2 Å². The second-order valence-electron chi connectivity index (χ2n) is 7.58. The Morgan fingerprint density at radius 1 is 1.28 bits per heavy atom. The predicted octanol–water partition coefficient (Wildman–Crippen LogP) is 3.43. The third-order valence-electron chi connectivity index (χ3n) is 5.88. The number of halogens is 3. The monoisotopic (exact) mass is 406 g/mol. The second kappa shape index (κ2) is 8.16. The molecule has 156 valence electrons. The van der Waals surface area contributed by atoms with Gasteiger partial charge in [-0.25, -0.2) is 13.2 Å². The van der Waals surface area contributed by atoms with Crippen LogP contribution in [0.3, 0.4) is 0 Å². The minimum absolute atomic E-state index is 0.0589. The van der Waals surface area contributed by atoms with Gasteiger partial charge in [-0.3, -0.25) is 4.79 Å². The van der Waals surface area contributed by atoms with Crippen molar-refractivity contribution in [1.29, 1.82) is 0 Å². The fraction of sp³-hybridized carbons (Fsp3) is 0.409. The molecule has 0 bridgehead atoms. The van der Waals surface area contributed by atoms with Crippen molar-refractivity contribution in [1.82, 2.24) is 4.90 Å². The van der Waals surface area contributed by atoms with Gasteiger partial charge >= 0.3 is 0 Å². The number of hydrogen-bond acceptors (Lipinski definition) is 3. The molecule has 0 spiro atoms. The summed E-state index contributed by atoms with van der Waals surface area (Å²) in [5.74, 6) is -3.00. The Morgan fingerprint density at radius 3 is 2.48 bits per heavy atom. The third-order valence-corrected chi connectivity index (χ3v) is 5.88. The molecule has 4 nitrogen and oxygen atoms in total. The lowest BCUT2D eigenvalue weighted by atomic mass is 9.91. The molecule has 0 saturated heterocycles. The molecule has 7 heteroatoms. The van der Waals surface area contributed by atoms with Crippen LogP contribution in [0.15, 0.2) is 36.4 Å². The first-order valence-electron chi connectivity index (χ1n) is 9.66. The molecule has 1 aliphatic rings. The van der Waals surface area contributed by atoms with E-state index in [9.17, 15) is 23.1 Å². The lowest BCUT2D eigenvalue weighted by Gasteiger charge is -2.31. The van der Waals surface area contributed by atoms with E-state index in [1.54, 1.807) is 4.90 Å². The largest absolute Gasteiger partial charge is 0.395 e. The molecule has 1 aliphatic carbocycles. The van der Waals surface area contributed by atoms with Crippen molar-refractivity contribution in [2.75, 3.05) is 19.7 Å². The number of carbonyl (C=O) groups excluding carboxylic acids is 1. The van der Waals surface area contributed by atoms with Crippen LogP contribution in [0.2, 0.25) is 0 Å². The number of likely N-dealkylation sites (N-methyl/N-ethyl adjacent to an activating group) is 1. The van der Waals surface area contributed by atoms with Crippen LogP contribution in [0.5, 0.6) is 0 Å². The third kappa shape index (κ3) is 3.65. The van der Waals surface area contributed by atoms with E-state index in [1.165, 1.54) is 18.2 Å². The first-order chi connectivity index (χ1) is 13.8. The van der Waals surface area contributed by atoms with E-state index < -0.39 is 35.4 Å². The molecule has 3 rings (SSSR count). The molecule has 0 aromatic heterocycles. The van der Waals surface area contributed by atoms with Crippen molar-refractivity contribution in [2.24, 2.45) is 11.1 Å². The molecule has 0 aliphatic heterocycles. The van der Waals surface area contributed by atoms with E-state index in [0.717, 1.165) is 18.2 Å². The minimum Gasteiger partial charge on any atom is -0.395 e. The molecule has 2 aromatic carbocycles. The number of aliphatic hydroxyl groups is 1. The first kappa shape index (κ1) is 21.3. The maximum Gasteiger partial charge on any atom is 0.232 e. The highest BCUT2D eigenvalue weighted by Gasteiger charge is 2.62. The Balaban J connectivity index is 2.06. The Kier molecular flexibility index (Phi) is 6.00. The van der Waals surface area contributed by atoms with Crippen LogP contribution in [0.4, 0.5) is 13.2 Å². The molecule has 0 heterocycles. The van der Waals surface area contributed by atoms with Crippen LogP contribution in [0.1, 0.15) is 31.7 Å². The molecule has 3 N–H and O–H groups in total. The zero-order valence-electron chi connectivity index (χ0n) is 16.5. The van der Waals surface area contributed by atoms with Crippen LogP contribution in [0, 0.1) is 22.9 Å². The molecule has 1 saturated carbocycles. The molecule has 2 unspecified atom stereocenters. The molecular weight excluding hydrogens is 381 g/mol. The number of rotatable bonds is 7. The van der Waals surface area contributed by atoms with Crippen molar-refractivity contribution in [3.05, 3.63) is 59.4 Å². The number of carbonyl (C=O) groups is 1. The number of nitrogens with two attached hydrogens (primary N) is 1. The quantitative estimate of drug-likeness (QED) is 0.740. The maximum absolute atomic E-state index is 14.4. The summed E-state index contributed by atoms with van der Waals surface area (Å²) in [6.45, 7) is 3.92. The summed E-state index contributed by atoms with van der Waals surface area (Å²) in [4.78, 5) is 14.8. The summed E-state index contributed by atoms with van der Waals surface area (Å²) in [7, 11) is 0. The first-order valence-corrected chi connectivity index (χ1v) is 9.66. The van der Waals surface area contributed by atoms with Gasteiger partial charge in [0.2, 0.25) is 5.91 Å². The van der Waals surface area contributed by atoms with Gasteiger partial charge in [-0.1, -0.05) is 12.1 Å². The zero-order chi connectivity index (χ0) is 21.3. The van der Waals surface area contributed by atoms with E-state index in [1.807, 2.05) is 13.8 Å². The van der Waals surface area contributed by atoms with Crippen LogP contribution in [-0.4, -0.2) is 41.7 Å². The van der Waals surface area contributed by atoms with Crippen LogP contribution in [-0.2, 0) is 4.79 Å². The Hall–Kier alpha value is -2.38. The molecule has 29 heavy (non-hydrogen) atoms. The molecule has 0 radical (unpaired) electrons. The van der Waals surface area contributed by atoms with Gasteiger partial charge in [-0.05, 0) is 55.7 Å². The van der Waals surface area contributed by atoms with Gasteiger partial charge in [0.15, 0.2) is 0 Å². The van der Waals surface area contributed by atoms with Gasteiger partial charge in [0.25, 0.3) is 0 Å². The van der Waals surface area contributed by atoms with Crippen LogP contribution < -0.4 is 5.73 Å². The summed E-state index contributed by atoms with van der Waals surface area (Å²) in [5.41, 5.74) is 4.76. The fourth-order valence-corrected chi connectivity index (χ4v) is 4.06. The topological polar surface area (TPSA) is 66.6 Å². The lowest BCUT2D eigenvalue weighted by Crippen LogP contribution is -2.47. The normalized spacial score (nSPS) is 21.7. The van der Waals surface area contributed by atoms with Gasteiger partial charge in [-0.2, -0.15) is 0 Å². The standard InChI is InChI=1S/C22H25F3N2O2/c1-3-27(13(2)11-26)21(29)22(12-28)10-17(22)15-8-7-14(23)9-16(15)20-18(24)5-4-6-19(20)25/h4-9,13,17,28H,3,10-12,26H2,1-2H3/t13-,17?,22?/m0/s1. The van der Waals surface area contributed by atoms with Gasteiger partial charge < -0.3 is 15.7 Å². The van der Waals surface area contributed by atoms with Gasteiger partial charge in [-0.15, -0.1) is 0 Å². The smallest absolute Gasteiger partial charge is 0.232 e. The van der Waals surface area contributed by atoms with Crippen molar-refractivity contribution in [3.63, 3.8) is 0 Å². The molecule has 1 amide bonds. The summed E-state index contributed by atoms with van der Waals surface area (Å²) in [5, 5.41) is 10.1. The molecular formula is C22H25F3N2O2. The highest BCUT2D eigenvalue weighted by atomic mass is 19.1. The van der Waals surface area contributed by atoms with Gasteiger partial charge in [0, 0.05) is 25.0 Å². The summed E-state index contributed by atoms with van der Waals surface area (Å²) >= 11 is 0. The lowest BCUT2D eigenvalue weighted by molar-refractivity contribution is -0.140. The molecule has 3 atom stereocenters. The van der Waals surface area contributed by atoms with E-state index in [0.29, 0.717) is 18.5 Å². The number of hydrogen-bond donors (Lipinski definition) is 2. The summed E-state index contributed by atoms with van der Waals surface area (Å²) in [6.07, 6.45) is 0.310. The Labute approximate surface area is 168 Å². The average molecular weight is 406 g/mol. The van der Waals surface area contributed by atoms with E-state index in [-0.39, 0.29) is 29.6 Å². The maximum atomic E-state index is 14.4. The predicted molar refractivity (Wildman–Crippen MR) is 105 cm³/mol. The molecule has 2 aromatic rings. The Bertz CT molecular complexity index is 901. The number of amides is 1. The van der Waals surface area contributed by atoms with Crippen molar-refractivity contribution in [3.8, 4) is 11.1 Å². The van der Waals surface area contributed by atoms with Gasteiger partial charge in [0.05, 0.1) is 17.6 Å². The highest BCUT2D eigenvalue weighted by molar-refractivity contribution is 5.89.